The smallest absolute Gasteiger partial charge is 0.115 e. The SMILES string of the molecule is CCCC1CC1C[C@@H](O)[C@H](O)CC#CC#C[C@@H](O)CC. The number of hydrogen-bond donors (Lipinski definition) is 3. The highest BCUT2D eigenvalue weighted by molar-refractivity contribution is 5.27. The Bertz CT molecular complexity index is 396. The molecule has 0 amide bonds. The van der Waals surface area contributed by atoms with Crippen molar-refractivity contribution in [2.24, 2.45) is 11.8 Å². The van der Waals surface area contributed by atoms with Crippen molar-refractivity contribution in [3.05, 3.63) is 0 Å². The van der Waals surface area contributed by atoms with Crippen LogP contribution in [0.3, 0.4) is 0 Å². The molecule has 0 saturated heterocycles. The fourth-order valence-corrected chi connectivity index (χ4v) is 2.35. The second-order valence-electron chi connectivity index (χ2n) is 5.61. The summed E-state index contributed by atoms with van der Waals surface area (Å²) in [5, 5.41) is 28.9. The Balaban J connectivity index is 2.23. The molecule has 1 saturated carbocycles. The van der Waals surface area contributed by atoms with Crippen molar-refractivity contribution in [2.75, 3.05) is 0 Å². The summed E-state index contributed by atoms with van der Waals surface area (Å²) in [6.07, 6.45) is 2.95. The molecule has 0 aliphatic heterocycles. The summed E-state index contributed by atoms with van der Waals surface area (Å²) >= 11 is 0. The summed E-state index contributed by atoms with van der Waals surface area (Å²) in [7, 11) is 0. The molecule has 112 valence electrons. The lowest BCUT2D eigenvalue weighted by Gasteiger charge is -2.15. The summed E-state index contributed by atoms with van der Waals surface area (Å²) in [5.41, 5.74) is 0. The van der Waals surface area contributed by atoms with Crippen LogP contribution in [-0.4, -0.2) is 33.6 Å². The maximum absolute atomic E-state index is 9.90. The standard InChI is InChI=1S/C17H26O3/c1-3-8-13-11-14(13)12-17(20)16(19)10-7-5-6-9-15(18)4-2/h13-20H,3-4,8,10-12H2,1-2H3/t13?,14?,15-,16+,17+/m0/s1. The van der Waals surface area contributed by atoms with Crippen molar-refractivity contribution >= 4 is 0 Å². The van der Waals surface area contributed by atoms with Crippen LogP contribution in [-0.2, 0) is 0 Å². The number of aliphatic hydroxyl groups is 3. The van der Waals surface area contributed by atoms with Gasteiger partial charge in [0.25, 0.3) is 0 Å². The van der Waals surface area contributed by atoms with Crippen molar-refractivity contribution in [1.82, 2.24) is 0 Å². The van der Waals surface area contributed by atoms with E-state index in [1.54, 1.807) is 0 Å². The molecule has 0 spiro atoms. The average molecular weight is 278 g/mol. The van der Waals surface area contributed by atoms with Crippen LogP contribution in [0.25, 0.3) is 0 Å². The molecule has 3 nitrogen and oxygen atoms in total. The van der Waals surface area contributed by atoms with Gasteiger partial charge in [-0.2, -0.15) is 0 Å². The minimum absolute atomic E-state index is 0.225. The van der Waals surface area contributed by atoms with E-state index >= 15 is 0 Å². The van der Waals surface area contributed by atoms with Crippen LogP contribution in [0.4, 0.5) is 0 Å². The Morgan fingerprint density at radius 3 is 2.45 bits per heavy atom. The van der Waals surface area contributed by atoms with Crippen LogP contribution in [0.2, 0.25) is 0 Å². The second kappa shape index (κ2) is 9.03. The van der Waals surface area contributed by atoms with Gasteiger partial charge in [-0.25, -0.2) is 0 Å². The van der Waals surface area contributed by atoms with Crippen LogP contribution in [0.1, 0.15) is 52.4 Å². The molecule has 1 fully saturated rings. The molecule has 1 aliphatic carbocycles. The maximum atomic E-state index is 9.90. The van der Waals surface area contributed by atoms with Gasteiger partial charge >= 0.3 is 0 Å². The molecule has 2 unspecified atom stereocenters. The number of rotatable bonds is 7. The molecule has 5 atom stereocenters. The van der Waals surface area contributed by atoms with Gasteiger partial charge < -0.3 is 15.3 Å². The van der Waals surface area contributed by atoms with Gasteiger partial charge in [0.1, 0.15) is 6.10 Å². The highest BCUT2D eigenvalue weighted by atomic mass is 16.3. The molecule has 0 aromatic carbocycles. The third-order valence-corrected chi connectivity index (χ3v) is 3.80. The second-order valence-corrected chi connectivity index (χ2v) is 5.61. The first kappa shape index (κ1) is 17.1. The Labute approximate surface area is 122 Å². The third kappa shape index (κ3) is 6.44. The topological polar surface area (TPSA) is 60.7 Å². The molecule has 20 heavy (non-hydrogen) atoms. The van der Waals surface area contributed by atoms with E-state index in [1.807, 2.05) is 6.92 Å². The van der Waals surface area contributed by atoms with Gasteiger partial charge in [-0.3, -0.25) is 0 Å². The van der Waals surface area contributed by atoms with E-state index in [-0.39, 0.29) is 6.42 Å². The molecule has 0 aromatic heterocycles. The minimum atomic E-state index is -0.803. The molecular formula is C17H26O3. The molecule has 3 heteroatoms. The molecule has 0 aromatic rings. The first-order valence-electron chi connectivity index (χ1n) is 7.61. The average Bonchev–Trinajstić information content (AvgIpc) is 3.16. The van der Waals surface area contributed by atoms with E-state index in [4.69, 9.17) is 0 Å². The van der Waals surface area contributed by atoms with Crippen LogP contribution in [0.5, 0.6) is 0 Å². The first-order valence-corrected chi connectivity index (χ1v) is 7.61. The summed E-state index contributed by atoms with van der Waals surface area (Å²) in [6, 6.07) is 0. The zero-order valence-corrected chi connectivity index (χ0v) is 12.5. The quantitative estimate of drug-likeness (QED) is 0.621. The largest absolute Gasteiger partial charge is 0.390 e. The summed E-state index contributed by atoms with van der Waals surface area (Å²) < 4.78 is 0. The number of aliphatic hydroxyl groups excluding tert-OH is 3. The fourth-order valence-electron chi connectivity index (χ4n) is 2.35. The maximum Gasteiger partial charge on any atom is 0.115 e. The summed E-state index contributed by atoms with van der Waals surface area (Å²) in [5.74, 6) is 11.8. The molecule has 3 N–H and O–H groups in total. The number of hydrogen-bond acceptors (Lipinski definition) is 3. The van der Waals surface area contributed by atoms with E-state index in [1.165, 1.54) is 19.3 Å². The van der Waals surface area contributed by atoms with Crippen molar-refractivity contribution in [3.63, 3.8) is 0 Å². The van der Waals surface area contributed by atoms with Gasteiger partial charge in [0.2, 0.25) is 0 Å². The zero-order chi connectivity index (χ0) is 15.0. The molecule has 0 heterocycles. The fraction of sp³-hybridized carbons (Fsp3) is 0.765. The van der Waals surface area contributed by atoms with Crippen LogP contribution in [0, 0.1) is 35.5 Å². The lowest BCUT2D eigenvalue weighted by molar-refractivity contribution is 0.0137. The van der Waals surface area contributed by atoms with E-state index < -0.39 is 18.3 Å². The van der Waals surface area contributed by atoms with Crippen molar-refractivity contribution < 1.29 is 15.3 Å². The minimum Gasteiger partial charge on any atom is -0.390 e. The van der Waals surface area contributed by atoms with Gasteiger partial charge in [0.15, 0.2) is 0 Å². The summed E-state index contributed by atoms with van der Waals surface area (Å²) in [6.45, 7) is 4.02. The van der Waals surface area contributed by atoms with E-state index in [0.717, 1.165) is 5.92 Å². The Morgan fingerprint density at radius 1 is 1.05 bits per heavy atom. The van der Waals surface area contributed by atoms with Crippen LogP contribution in [0.15, 0.2) is 0 Å². The van der Waals surface area contributed by atoms with Gasteiger partial charge in [-0.1, -0.05) is 38.5 Å². The van der Waals surface area contributed by atoms with Gasteiger partial charge in [0, 0.05) is 6.42 Å². The lowest BCUT2D eigenvalue weighted by atomic mass is 10.0. The molecule has 0 radical (unpaired) electrons. The van der Waals surface area contributed by atoms with Crippen molar-refractivity contribution in [3.8, 4) is 23.7 Å². The Kier molecular flexibility index (Phi) is 7.70. The first-order chi connectivity index (χ1) is 9.58. The molecule has 1 aliphatic rings. The predicted octanol–water partition coefficient (Wildman–Crippen LogP) is 1.70. The van der Waals surface area contributed by atoms with Crippen LogP contribution < -0.4 is 0 Å². The van der Waals surface area contributed by atoms with E-state index in [9.17, 15) is 15.3 Å². The molecular weight excluding hydrogens is 252 g/mol. The zero-order valence-electron chi connectivity index (χ0n) is 12.5. The Morgan fingerprint density at radius 2 is 1.80 bits per heavy atom. The monoisotopic (exact) mass is 278 g/mol. The highest BCUT2D eigenvalue weighted by Crippen LogP contribution is 2.45. The van der Waals surface area contributed by atoms with Gasteiger partial charge in [-0.15, -0.1) is 0 Å². The summed E-state index contributed by atoms with van der Waals surface area (Å²) in [4.78, 5) is 0. The van der Waals surface area contributed by atoms with Crippen molar-refractivity contribution in [1.29, 1.82) is 0 Å². The predicted molar refractivity (Wildman–Crippen MR) is 79.6 cm³/mol. The highest BCUT2D eigenvalue weighted by Gasteiger charge is 2.38. The van der Waals surface area contributed by atoms with Crippen molar-refractivity contribution in [2.45, 2.75) is 70.7 Å². The lowest BCUT2D eigenvalue weighted by Crippen LogP contribution is -2.26. The normalized spacial score (nSPS) is 24.6. The molecule has 1 rings (SSSR count). The van der Waals surface area contributed by atoms with Crippen LogP contribution >= 0.6 is 0 Å². The van der Waals surface area contributed by atoms with E-state index in [0.29, 0.717) is 18.8 Å². The Hall–Kier alpha value is -1.00. The molecule has 0 bridgehead atoms. The van der Waals surface area contributed by atoms with E-state index in [2.05, 4.69) is 30.6 Å². The van der Waals surface area contributed by atoms with Gasteiger partial charge in [-0.05, 0) is 42.9 Å². The van der Waals surface area contributed by atoms with Gasteiger partial charge in [0.05, 0.1) is 12.2 Å². The third-order valence-electron chi connectivity index (χ3n) is 3.80.